The number of nitrogens with zero attached hydrogens (tertiary/aromatic N) is 3. The number of hydrogen-bond donors (Lipinski definition) is 1. The van der Waals surface area contributed by atoms with Crippen LogP contribution in [0.25, 0.3) is 5.69 Å². The van der Waals surface area contributed by atoms with Gasteiger partial charge in [-0.05, 0) is 51.0 Å². The van der Waals surface area contributed by atoms with E-state index in [9.17, 15) is 0 Å². The van der Waals surface area contributed by atoms with Crippen LogP contribution in [0, 0.1) is 0 Å². The first-order chi connectivity index (χ1) is 10.9. The first-order valence-corrected chi connectivity index (χ1v) is 8.41. The Balaban J connectivity index is 0.00000192. The molecule has 0 amide bonds. The summed E-state index contributed by atoms with van der Waals surface area (Å²) in [5, 5.41) is 3.50. The monoisotopic (exact) mass is 334 g/mol. The van der Waals surface area contributed by atoms with E-state index in [0.717, 1.165) is 32.0 Å². The quantitative estimate of drug-likeness (QED) is 0.911. The molecular formula is C18H27ClN4. The molecule has 3 rings (SSSR count). The summed E-state index contributed by atoms with van der Waals surface area (Å²) >= 11 is 0. The average Bonchev–Trinajstić information content (AvgIpc) is 2.86. The molecule has 2 heterocycles. The fourth-order valence-corrected chi connectivity index (χ4v) is 3.32. The molecule has 23 heavy (non-hydrogen) atoms. The van der Waals surface area contributed by atoms with Crippen LogP contribution < -0.4 is 5.32 Å². The molecule has 1 aliphatic heterocycles. The van der Waals surface area contributed by atoms with Gasteiger partial charge in [0.1, 0.15) is 5.82 Å². The molecule has 4 nitrogen and oxygen atoms in total. The fourth-order valence-electron chi connectivity index (χ4n) is 3.32. The van der Waals surface area contributed by atoms with E-state index >= 15 is 0 Å². The van der Waals surface area contributed by atoms with Crippen molar-refractivity contribution < 1.29 is 0 Å². The van der Waals surface area contributed by atoms with Crippen LogP contribution in [0.15, 0.2) is 42.7 Å². The Bertz CT molecular complexity index is 561. The molecule has 1 unspecified atom stereocenters. The largest absolute Gasteiger partial charge is 0.317 e. The molecule has 0 bridgehead atoms. The second-order valence-corrected chi connectivity index (χ2v) is 5.95. The van der Waals surface area contributed by atoms with Crippen molar-refractivity contribution >= 4 is 12.4 Å². The summed E-state index contributed by atoms with van der Waals surface area (Å²) in [7, 11) is 0. The predicted molar refractivity (Wildman–Crippen MR) is 97.4 cm³/mol. The van der Waals surface area contributed by atoms with Crippen LogP contribution in [0.2, 0.25) is 0 Å². The van der Waals surface area contributed by atoms with Gasteiger partial charge in [-0.25, -0.2) is 4.98 Å². The van der Waals surface area contributed by atoms with Crippen molar-refractivity contribution in [2.75, 3.05) is 19.6 Å². The van der Waals surface area contributed by atoms with E-state index in [2.05, 4.69) is 63.2 Å². The van der Waals surface area contributed by atoms with Gasteiger partial charge in [0.15, 0.2) is 0 Å². The van der Waals surface area contributed by atoms with Gasteiger partial charge in [-0.1, -0.05) is 25.1 Å². The Kier molecular flexibility index (Phi) is 7.09. The highest BCUT2D eigenvalue weighted by Crippen LogP contribution is 2.18. The minimum Gasteiger partial charge on any atom is -0.317 e. The Morgan fingerprint density at radius 3 is 2.83 bits per heavy atom. The zero-order chi connectivity index (χ0) is 15.2. The van der Waals surface area contributed by atoms with Gasteiger partial charge in [-0.2, -0.15) is 0 Å². The van der Waals surface area contributed by atoms with Gasteiger partial charge in [0.2, 0.25) is 0 Å². The molecule has 1 fully saturated rings. The van der Waals surface area contributed by atoms with Crippen molar-refractivity contribution in [2.24, 2.45) is 0 Å². The predicted octanol–water partition coefficient (Wildman–Crippen LogP) is 3.26. The highest BCUT2D eigenvalue weighted by atomic mass is 35.5. The van der Waals surface area contributed by atoms with Crippen LogP contribution in [0.1, 0.15) is 32.0 Å². The van der Waals surface area contributed by atoms with Crippen LogP contribution in [-0.2, 0) is 6.54 Å². The maximum absolute atomic E-state index is 4.60. The van der Waals surface area contributed by atoms with Crippen LogP contribution in [0.3, 0.4) is 0 Å². The third kappa shape index (κ3) is 4.56. The van der Waals surface area contributed by atoms with Crippen molar-refractivity contribution in [3.8, 4) is 5.69 Å². The number of imidazole rings is 1. The standard InChI is InChI=1S/C18H26N4.ClH/c1-2-21(16-9-6-11-19-12-10-16)15-18-20-13-14-22(18)17-7-4-3-5-8-17;/h3-5,7-8,13-14,16,19H,2,6,9-12,15H2,1H3;1H. The average molecular weight is 335 g/mol. The minimum absolute atomic E-state index is 0. The molecule has 5 heteroatoms. The van der Waals surface area contributed by atoms with E-state index in [0.29, 0.717) is 6.04 Å². The second kappa shape index (κ2) is 9.06. The first-order valence-electron chi connectivity index (χ1n) is 8.41. The summed E-state index contributed by atoms with van der Waals surface area (Å²) in [6.45, 7) is 6.55. The fraction of sp³-hybridized carbons (Fsp3) is 0.500. The van der Waals surface area contributed by atoms with E-state index in [1.807, 2.05) is 6.20 Å². The van der Waals surface area contributed by atoms with Gasteiger partial charge < -0.3 is 9.88 Å². The van der Waals surface area contributed by atoms with E-state index < -0.39 is 0 Å². The molecule has 1 aliphatic rings. The molecule has 1 N–H and O–H groups in total. The lowest BCUT2D eigenvalue weighted by molar-refractivity contribution is 0.177. The Morgan fingerprint density at radius 2 is 2.04 bits per heavy atom. The maximum Gasteiger partial charge on any atom is 0.127 e. The lowest BCUT2D eigenvalue weighted by Crippen LogP contribution is -2.36. The molecule has 1 aromatic heterocycles. The normalized spacial score (nSPS) is 18.4. The number of benzene rings is 1. The van der Waals surface area contributed by atoms with Crippen LogP contribution >= 0.6 is 12.4 Å². The van der Waals surface area contributed by atoms with Crippen LogP contribution in [0.5, 0.6) is 0 Å². The minimum atomic E-state index is 0. The number of hydrogen-bond acceptors (Lipinski definition) is 3. The van der Waals surface area contributed by atoms with Gasteiger partial charge in [-0.3, -0.25) is 4.90 Å². The van der Waals surface area contributed by atoms with E-state index in [4.69, 9.17) is 0 Å². The molecule has 0 spiro atoms. The SMILES string of the molecule is CCN(Cc1nccn1-c1ccccc1)C1CCCNCC1.Cl. The lowest BCUT2D eigenvalue weighted by atomic mass is 10.1. The Labute approximate surface area is 145 Å². The summed E-state index contributed by atoms with van der Waals surface area (Å²) in [5.74, 6) is 1.13. The van der Waals surface area contributed by atoms with E-state index in [1.165, 1.54) is 24.9 Å². The Hall–Kier alpha value is -1.36. The van der Waals surface area contributed by atoms with Gasteiger partial charge in [0.05, 0.1) is 6.54 Å². The molecule has 0 radical (unpaired) electrons. The van der Waals surface area contributed by atoms with Crippen LogP contribution in [0.4, 0.5) is 0 Å². The molecule has 0 saturated carbocycles. The van der Waals surface area contributed by atoms with Crippen molar-refractivity contribution in [2.45, 2.75) is 38.8 Å². The molecular weight excluding hydrogens is 308 g/mol. The van der Waals surface area contributed by atoms with Crippen molar-refractivity contribution in [3.63, 3.8) is 0 Å². The first kappa shape index (κ1) is 18.0. The van der Waals surface area contributed by atoms with Gasteiger partial charge >= 0.3 is 0 Å². The molecule has 0 aliphatic carbocycles. The molecule has 2 aromatic rings. The number of rotatable bonds is 5. The van der Waals surface area contributed by atoms with Gasteiger partial charge in [0.25, 0.3) is 0 Å². The van der Waals surface area contributed by atoms with Crippen molar-refractivity contribution in [1.82, 2.24) is 19.8 Å². The second-order valence-electron chi connectivity index (χ2n) is 5.95. The number of aromatic nitrogens is 2. The summed E-state index contributed by atoms with van der Waals surface area (Å²) in [5.41, 5.74) is 1.19. The zero-order valence-electron chi connectivity index (χ0n) is 13.8. The van der Waals surface area contributed by atoms with Crippen molar-refractivity contribution in [1.29, 1.82) is 0 Å². The number of halogens is 1. The van der Waals surface area contributed by atoms with E-state index in [-0.39, 0.29) is 12.4 Å². The van der Waals surface area contributed by atoms with E-state index in [1.54, 1.807) is 0 Å². The highest BCUT2D eigenvalue weighted by molar-refractivity contribution is 5.85. The maximum atomic E-state index is 4.60. The highest BCUT2D eigenvalue weighted by Gasteiger charge is 2.20. The van der Waals surface area contributed by atoms with Gasteiger partial charge in [-0.15, -0.1) is 12.4 Å². The Morgan fingerprint density at radius 1 is 1.22 bits per heavy atom. The molecule has 126 valence electrons. The molecule has 1 aromatic carbocycles. The third-order valence-electron chi connectivity index (χ3n) is 4.56. The summed E-state index contributed by atoms with van der Waals surface area (Å²) in [6.07, 6.45) is 7.76. The topological polar surface area (TPSA) is 33.1 Å². The van der Waals surface area contributed by atoms with Crippen LogP contribution in [-0.4, -0.2) is 40.1 Å². The number of para-hydroxylation sites is 1. The smallest absolute Gasteiger partial charge is 0.127 e. The lowest BCUT2D eigenvalue weighted by Gasteiger charge is -2.29. The number of nitrogens with one attached hydrogen (secondary N) is 1. The molecule has 1 saturated heterocycles. The van der Waals surface area contributed by atoms with Gasteiger partial charge in [0, 0.05) is 24.1 Å². The molecule has 1 atom stereocenters. The summed E-state index contributed by atoms with van der Waals surface area (Å²) in [6, 6.07) is 11.1. The summed E-state index contributed by atoms with van der Waals surface area (Å²) in [4.78, 5) is 7.18. The zero-order valence-corrected chi connectivity index (χ0v) is 14.6. The summed E-state index contributed by atoms with van der Waals surface area (Å²) < 4.78 is 2.21. The third-order valence-corrected chi connectivity index (χ3v) is 4.56. The van der Waals surface area contributed by atoms with Crippen molar-refractivity contribution in [3.05, 3.63) is 48.5 Å².